The SMILES string of the molecule is C[C@H]1C[NH+](CCCOc2ccccc2C#N)C[C@H](C)O1. The lowest BCUT2D eigenvalue weighted by Gasteiger charge is -2.32. The van der Waals surface area contributed by atoms with Crippen LogP contribution in [0.1, 0.15) is 25.8 Å². The van der Waals surface area contributed by atoms with E-state index in [1.54, 1.807) is 11.0 Å². The van der Waals surface area contributed by atoms with Gasteiger partial charge in [-0.25, -0.2) is 0 Å². The van der Waals surface area contributed by atoms with Gasteiger partial charge in [0.25, 0.3) is 0 Å². The van der Waals surface area contributed by atoms with Crippen molar-refractivity contribution in [2.75, 3.05) is 26.2 Å². The zero-order valence-electron chi connectivity index (χ0n) is 12.3. The van der Waals surface area contributed by atoms with Crippen LogP contribution in [0.2, 0.25) is 0 Å². The first-order valence-electron chi connectivity index (χ1n) is 7.30. The van der Waals surface area contributed by atoms with E-state index in [2.05, 4.69) is 19.9 Å². The molecule has 1 aliphatic heterocycles. The number of hydrogen-bond acceptors (Lipinski definition) is 3. The number of para-hydroxylation sites is 1. The zero-order chi connectivity index (χ0) is 14.4. The van der Waals surface area contributed by atoms with Crippen LogP contribution in [0.4, 0.5) is 0 Å². The third kappa shape index (κ3) is 4.22. The van der Waals surface area contributed by atoms with Gasteiger partial charge in [0.15, 0.2) is 0 Å². The average molecular weight is 275 g/mol. The maximum absolute atomic E-state index is 8.99. The van der Waals surface area contributed by atoms with Gasteiger partial charge < -0.3 is 14.4 Å². The van der Waals surface area contributed by atoms with Crippen LogP contribution in [-0.2, 0) is 4.74 Å². The molecule has 0 spiro atoms. The Hall–Kier alpha value is -1.57. The largest absolute Gasteiger partial charge is 0.492 e. The van der Waals surface area contributed by atoms with Crippen LogP contribution >= 0.6 is 0 Å². The molecule has 1 aromatic rings. The summed E-state index contributed by atoms with van der Waals surface area (Å²) < 4.78 is 11.4. The topological polar surface area (TPSA) is 46.7 Å². The molecule has 1 N–H and O–H groups in total. The highest BCUT2D eigenvalue weighted by atomic mass is 16.5. The number of ether oxygens (including phenoxy) is 2. The van der Waals surface area contributed by atoms with Gasteiger partial charge >= 0.3 is 0 Å². The van der Waals surface area contributed by atoms with Crippen LogP contribution in [-0.4, -0.2) is 38.4 Å². The summed E-state index contributed by atoms with van der Waals surface area (Å²) in [6.45, 7) is 8.15. The number of nitriles is 1. The van der Waals surface area contributed by atoms with Crippen molar-refractivity contribution in [1.29, 1.82) is 5.26 Å². The molecule has 20 heavy (non-hydrogen) atoms. The van der Waals surface area contributed by atoms with Gasteiger partial charge in [-0.2, -0.15) is 5.26 Å². The number of nitrogens with zero attached hydrogens (tertiary/aromatic N) is 1. The minimum Gasteiger partial charge on any atom is -0.492 e. The minimum absolute atomic E-state index is 0.342. The summed E-state index contributed by atoms with van der Waals surface area (Å²) in [5.74, 6) is 0.689. The van der Waals surface area contributed by atoms with Crippen LogP contribution in [0.3, 0.4) is 0 Å². The molecule has 2 atom stereocenters. The van der Waals surface area contributed by atoms with E-state index in [4.69, 9.17) is 14.7 Å². The second-order valence-electron chi connectivity index (χ2n) is 5.48. The molecule has 0 bridgehead atoms. The molecule has 0 aromatic heterocycles. The quantitative estimate of drug-likeness (QED) is 0.816. The molecule has 108 valence electrons. The Morgan fingerprint density at radius 1 is 1.30 bits per heavy atom. The molecular formula is C16H23N2O2+. The van der Waals surface area contributed by atoms with Crippen molar-refractivity contribution in [2.24, 2.45) is 0 Å². The summed E-state index contributed by atoms with van der Waals surface area (Å²) in [6, 6.07) is 9.53. The van der Waals surface area contributed by atoms with E-state index in [1.165, 1.54) is 0 Å². The van der Waals surface area contributed by atoms with Crippen LogP contribution in [0.5, 0.6) is 5.75 Å². The first-order chi connectivity index (χ1) is 9.69. The maximum atomic E-state index is 8.99. The molecule has 0 unspecified atom stereocenters. The van der Waals surface area contributed by atoms with Crippen molar-refractivity contribution in [3.05, 3.63) is 29.8 Å². The van der Waals surface area contributed by atoms with E-state index in [0.717, 1.165) is 26.1 Å². The second kappa shape index (κ2) is 7.28. The fourth-order valence-electron chi connectivity index (χ4n) is 2.78. The summed E-state index contributed by atoms with van der Waals surface area (Å²) in [5.41, 5.74) is 0.605. The lowest BCUT2D eigenvalue weighted by atomic mass is 10.2. The second-order valence-corrected chi connectivity index (χ2v) is 5.48. The number of benzene rings is 1. The average Bonchev–Trinajstić information content (AvgIpc) is 2.43. The highest BCUT2D eigenvalue weighted by Gasteiger charge is 2.24. The monoisotopic (exact) mass is 275 g/mol. The first-order valence-corrected chi connectivity index (χ1v) is 7.30. The van der Waals surface area contributed by atoms with Gasteiger partial charge in [-0.3, -0.25) is 0 Å². The minimum atomic E-state index is 0.342. The summed E-state index contributed by atoms with van der Waals surface area (Å²) in [6.07, 6.45) is 1.68. The molecule has 4 heteroatoms. The Labute approximate surface area is 120 Å². The van der Waals surface area contributed by atoms with Crippen molar-refractivity contribution in [2.45, 2.75) is 32.5 Å². The van der Waals surface area contributed by atoms with E-state index in [-0.39, 0.29) is 0 Å². The fourth-order valence-corrected chi connectivity index (χ4v) is 2.78. The Bertz CT molecular complexity index is 460. The number of hydrogen-bond donors (Lipinski definition) is 1. The van der Waals surface area contributed by atoms with E-state index < -0.39 is 0 Å². The summed E-state index contributed by atoms with van der Waals surface area (Å²) >= 11 is 0. The number of nitrogens with one attached hydrogen (secondary N) is 1. The van der Waals surface area contributed by atoms with Gasteiger partial charge in [0.05, 0.1) is 18.7 Å². The van der Waals surface area contributed by atoms with E-state index in [1.807, 2.05) is 18.2 Å². The smallest absolute Gasteiger partial charge is 0.137 e. The lowest BCUT2D eigenvalue weighted by Crippen LogP contribution is -3.15. The van der Waals surface area contributed by atoms with Crippen LogP contribution in [0.25, 0.3) is 0 Å². The van der Waals surface area contributed by atoms with Crippen LogP contribution in [0.15, 0.2) is 24.3 Å². The number of rotatable bonds is 5. The molecular weight excluding hydrogens is 252 g/mol. The molecule has 1 aromatic carbocycles. The summed E-state index contributed by atoms with van der Waals surface area (Å²) in [5, 5.41) is 8.99. The van der Waals surface area contributed by atoms with Crippen molar-refractivity contribution in [3.63, 3.8) is 0 Å². The fraction of sp³-hybridized carbons (Fsp3) is 0.562. The van der Waals surface area contributed by atoms with Gasteiger partial charge in [0.1, 0.15) is 37.1 Å². The predicted molar refractivity (Wildman–Crippen MR) is 76.8 cm³/mol. The highest BCUT2D eigenvalue weighted by Crippen LogP contribution is 2.16. The van der Waals surface area contributed by atoms with E-state index in [0.29, 0.717) is 30.1 Å². The first kappa shape index (κ1) is 14.8. The van der Waals surface area contributed by atoms with Crippen LogP contribution < -0.4 is 9.64 Å². The number of quaternary nitrogens is 1. The summed E-state index contributed by atoms with van der Waals surface area (Å²) in [7, 11) is 0. The third-order valence-corrected chi connectivity index (χ3v) is 3.56. The van der Waals surface area contributed by atoms with E-state index in [9.17, 15) is 0 Å². The molecule has 1 fully saturated rings. The molecule has 1 heterocycles. The molecule has 4 nitrogen and oxygen atoms in total. The van der Waals surface area contributed by atoms with Crippen molar-refractivity contribution in [3.8, 4) is 11.8 Å². The molecule has 0 aliphatic carbocycles. The predicted octanol–water partition coefficient (Wildman–Crippen LogP) is 1.02. The van der Waals surface area contributed by atoms with Gasteiger partial charge in [0, 0.05) is 6.42 Å². The zero-order valence-corrected chi connectivity index (χ0v) is 12.3. The standard InChI is InChI=1S/C16H22N2O2/c1-13-11-18(12-14(2)20-13)8-5-9-19-16-7-4-3-6-15(16)10-17/h3-4,6-7,13-14H,5,8-9,11-12H2,1-2H3/p+1/t13-,14-/m0/s1. The maximum Gasteiger partial charge on any atom is 0.137 e. The van der Waals surface area contributed by atoms with Gasteiger partial charge in [0.2, 0.25) is 0 Å². The molecule has 1 saturated heterocycles. The number of morpholine rings is 1. The van der Waals surface area contributed by atoms with Crippen LogP contribution in [0, 0.1) is 11.3 Å². The highest BCUT2D eigenvalue weighted by molar-refractivity contribution is 5.42. The normalized spacial score (nSPS) is 25.9. The Morgan fingerprint density at radius 2 is 2.00 bits per heavy atom. The van der Waals surface area contributed by atoms with Crippen molar-refractivity contribution in [1.82, 2.24) is 0 Å². The Kier molecular flexibility index (Phi) is 5.40. The summed E-state index contributed by atoms with van der Waals surface area (Å²) in [4.78, 5) is 1.58. The van der Waals surface area contributed by atoms with Gasteiger partial charge in [-0.05, 0) is 26.0 Å². The molecule has 0 radical (unpaired) electrons. The Morgan fingerprint density at radius 3 is 2.70 bits per heavy atom. The van der Waals surface area contributed by atoms with E-state index >= 15 is 0 Å². The molecule has 0 amide bonds. The lowest BCUT2D eigenvalue weighted by molar-refractivity contribution is -0.915. The van der Waals surface area contributed by atoms with Gasteiger partial charge in [-0.1, -0.05) is 12.1 Å². The Balaban J connectivity index is 1.73. The molecule has 0 saturated carbocycles. The molecule has 2 rings (SSSR count). The molecule has 1 aliphatic rings. The van der Waals surface area contributed by atoms with Crippen molar-refractivity contribution >= 4 is 0 Å². The van der Waals surface area contributed by atoms with Crippen molar-refractivity contribution < 1.29 is 14.4 Å². The van der Waals surface area contributed by atoms with Gasteiger partial charge in [-0.15, -0.1) is 0 Å². The third-order valence-electron chi connectivity index (χ3n) is 3.56.